The predicted molar refractivity (Wildman–Crippen MR) is 90.3 cm³/mol. The Morgan fingerprint density at radius 2 is 1.81 bits per heavy atom. The molecule has 0 unspecified atom stereocenters. The van der Waals surface area contributed by atoms with E-state index in [2.05, 4.69) is 20.6 Å². The van der Waals surface area contributed by atoms with Crippen molar-refractivity contribution in [2.45, 2.75) is 44.4 Å². The highest BCUT2D eigenvalue weighted by atomic mass is 19.2. The van der Waals surface area contributed by atoms with Gasteiger partial charge in [-0.05, 0) is 49.9 Å². The Morgan fingerprint density at radius 1 is 1.08 bits per heavy atom. The minimum Gasteiger partial charge on any atom is -0.351 e. The number of benzene rings is 1. The first-order valence-corrected chi connectivity index (χ1v) is 8.45. The fraction of sp³-hybridized carbons (Fsp3) is 0.389. The van der Waals surface area contributed by atoms with Crippen LogP contribution in [0, 0.1) is 11.6 Å². The molecule has 0 radical (unpaired) electrons. The molecular weight excluding hydrogens is 345 g/mol. The van der Waals surface area contributed by atoms with Crippen LogP contribution >= 0.6 is 0 Å². The van der Waals surface area contributed by atoms with Crippen LogP contribution in [0.1, 0.15) is 41.7 Å². The fourth-order valence-electron chi connectivity index (χ4n) is 3.01. The van der Waals surface area contributed by atoms with Crippen molar-refractivity contribution in [3.05, 3.63) is 53.4 Å². The third kappa shape index (κ3) is 4.50. The van der Waals surface area contributed by atoms with Crippen LogP contribution in [-0.2, 0) is 6.67 Å². The Kier molecular flexibility index (Phi) is 5.70. The lowest BCUT2D eigenvalue weighted by Gasteiger charge is -2.29. The van der Waals surface area contributed by atoms with Gasteiger partial charge in [0.2, 0.25) is 5.95 Å². The molecule has 1 aliphatic carbocycles. The van der Waals surface area contributed by atoms with E-state index in [1.807, 2.05) is 0 Å². The molecule has 26 heavy (non-hydrogen) atoms. The van der Waals surface area contributed by atoms with Gasteiger partial charge in [0.15, 0.2) is 11.6 Å². The van der Waals surface area contributed by atoms with E-state index in [1.54, 1.807) is 0 Å². The van der Waals surface area contributed by atoms with Crippen molar-refractivity contribution in [3.8, 4) is 0 Å². The summed E-state index contributed by atoms with van der Waals surface area (Å²) in [6.07, 6.45) is 4.54. The fourth-order valence-corrected chi connectivity index (χ4v) is 3.01. The lowest BCUT2D eigenvalue weighted by atomic mass is 9.91. The van der Waals surface area contributed by atoms with E-state index in [-0.39, 0.29) is 17.6 Å². The number of halogens is 3. The first-order chi connectivity index (χ1) is 12.5. The summed E-state index contributed by atoms with van der Waals surface area (Å²) in [4.78, 5) is 20.3. The van der Waals surface area contributed by atoms with Gasteiger partial charge in [-0.3, -0.25) is 4.79 Å². The highest BCUT2D eigenvalue weighted by Gasteiger charge is 2.23. The van der Waals surface area contributed by atoms with Gasteiger partial charge in [-0.15, -0.1) is 0 Å². The number of nitrogens with zero attached hydrogens (tertiary/aromatic N) is 2. The largest absolute Gasteiger partial charge is 0.351 e. The number of aromatic nitrogens is 2. The molecule has 1 saturated carbocycles. The number of anilines is 1. The zero-order chi connectivity index (χ0) is 18.5. The molecule has 5 nitrogen and oxygen atoms in total. The van der Waals surface area contributed by atoms with E-state index in [0.29, 0.717) is 11.6 Å². The van der Waals surface area contributed by atoms with Gasteiger partial charge in [-0.2, -0.15) is 0 Å². The molecule has 0 spiro atoms. The summed E-state index contributed by atoms with van der Waals surface area (Å²) in [5, 5.41) is 6.03. The molecule has 2 N–H and O–H groups in total. The maximum Gasteiger partial charge on any atom is 0.251 e. The molecule has 0 aliphatic heterocycles. The van der Waals surface area contributed by atoms with Gasteiger partial charge in [0, 0.05) is 23.8 Å². The molecule has 1 fully saturated rings. The molecule has 8 heteroatoms. The van der Waals surface area contributed by atoms with Crippen LogP contribution in [0.25, 0.3) is 0 Å². The second-order valence-corrected chi connectivity index (χ2v) is 6.30. The van der Waals surface area contributed by atoms with Crippen molar-refractivity contribution in [2.75, 3.05) is 5.32 Å². The highest BCUT2D eigenvalue weighted by molar-refractivity contribution is 5.94. The number of carbonyl (C=O) groups excluding carboxylic acids is 1. The number of hydrogen-bond acceptors (Lipinski definition) is 4. The summed E-state index contributed by atoms with van der Waals surface area (Å²) in [6, 6.07) is 4.73. The van der Waals surface area contributed by atoms with Gasteiger partial charge in [0.05, 0.1) is 5.69 Å². The Balaban J connectivity index is 1.50. The average molecular weight is 364 g/mol. The number of amides is 1. The smallest absolute Gasteiger partial charge is 0.251 e. The predicted octanol–water partition coefficient (Wildman–Crippen LogP) is 3.38. The molecule has 2 aromatic rings. The quantitative estimate of drug-likeness (QED) is 0.854. The summed E-state index contributed by atoms with van der Waals surface area (Å²) in [7, 11) is 0. The van der Waals surface area contributed by atoms with Crippen molar-refractivity contribution >= 4 is 11.9 Å². The topological polar surface area (TPSA) is 66.9 Å². The Morgan fingerprint density at radius 3 is 2.50 bits per heavy atom. The van der Waals surface area contributed by atoms with E-state index in [0.717, 1.165) is 37.8 Å². The first-order valence-electron chi connectivity index (χ1n) is 8.45. The molecule has 0 bridgehead atoms. The zero-order valence-electron chi connectivity index (χ0n) is 14.0. The standard InChI is InChI=1S/C18H19F3N4O/c19-10-14-7-8-22-18(25-14)24-13-4-2-12(3-5-13)23-17(26)11-1-6-15(20)16(21)9-11/h1,6-9,12-13H,2-5,10H2,(H,23,26)(H,22,24,25). The summed E-state index contributed by atoms with van der Waals surface area (Å²) in [5.41, 5.74) is 0.426. The van der Waals surface area contributed by atoms with Gasteiger partial charge in [0.25, 0.3) is 5.91 Å². The maximum absolute atomic E-state index is 13.2. The summed E-state index contributed by atoms with van der Waals surface area (Å²) >= 11 is 0. The Bertz CT molecular complexity index is 779. The van der Waals surface area contributed by atoms with E-state index in [4.69, 9.17) is 0 Å². The Labute approximate surface area is 149 Å². The van der Waals surface area contributed by atoms with Crippen LogP contribution in [0.4, 0.5) is 19.1 Å². The number of carbonyl (C=O) groups is 1. The highest BCUT2D eigenvalue weighted by Crippen LogP contribution is 2.22. The molecular formula is C18H19F3N4O. The van der Waals surface area contributed by atoms with Crippen LogP contribution in [0.5, 0.6) is 0 Å². The van der Waals surface area contributed by atoms with Crippen LogP contribution in [0.3, 0.4) is 0 Å². The van der Waals surface area contributed by atoms with Crippen molar-refractivity contribution in [1.82, 2.24) is 15.3 Å². The normalized spacial score (nSPS) is 19.8. The molecule has 1 aliphatic rings. The van der Waals surface area contributed by atoms with E-state index < -0.39 is 24.2 Å². The minimum absolute atomic E-state index is 0.0354. The van der Waals surface area contributed by atoms with Gasteiger partial charge in [-0.1, -0.05) is 0 Å². The van der Waals surface area contributed by atoms with Crippen molar-refractivity contribution in [3.63, 3.8) is 0 Å². The second kappa shape index (κ2) is 8.16. The third-order valence-corrected chi connectivity index (χ3v) is 4.43. The SMILES string of the molecule is O=C(NC1CCC(Nc2nccc(CF)n2)CC1)c1ccc(F)c(F)c1. The average Bonchev–Trinajstić information content (AvgIpc) is 2.65. The van der Waals surface area contributed by atoms with E-state index in [1.165, 1.54) is 18.3 Å². The van der Waals surface area contributed by atoms with Crippen molar-refractivity contribution < 1.29 is 18.0 Å². The van der Waals surface area contributed by atoms with Gasteiger partial charge >= 0.3 is 0 Å². The zero-order valence-corrected chi connectivity index (χ0v) is 14.0. The molecule has 3 rings (SSSR count). The summed E-state index contributed by atoms with van der Waals surface area (Å²) < 4.78 is 38.8. The minimum atomic E-state index is -1.04. The molecule has 0 saturated heterocycles. The number of alkyl halides is 1. The number of hydrogen-bond donors (Lipinski definition) is 2. The van der Waals surface area contributed by atoms with Gasteiger partial charge in [-0.25, -0.2) is 23.1 Å². The van der Waals surface area contributed by atoms with E-state index in [9.17, 15) is 18.0 Å². The molecule has 1 amide bonds. The van der Waals surface area contributed by atoms with Crippen LogP contribution < -0.4 is 10.6 Å². The molecule has 0 atom stereocenters. The van der Waals surface area contributed by atoms with E-state index >= 15 is 0 Å². The van der Waals surface area contributed by atoms with Crippen LogP contribution in [-0.4, -0.2) is 28.0 Å². The van der Waals surface area contributed by atoms with Gasteiger partial charge in [0.1, 0.15) is 6.67 Å². The molecule has 1 aromatic carbocycles. The Hall–Kier alpha value is -2.64. The van der Waals surface area contributed by atoms with Crippen molar-refractivity contribution in [2.24, 2.45) is 0 Å². The molecule has 1 heterocycles. The number of nitrogens with one attached hydrogen (secondary N) is 2. The lowest BCUT2D eigenvalue weighted by molar-refractivity contribution is 0.0926. The summed E-state index contributed by atoms with van der Waals surface area (Å²) in [5.74, 6) is -2.04. The number of rotatable bonds is 5. The van der Waals surface area contributed by atoms with Crippen LogP contribution in [0.15, 0.2) is 30.5 Å². The van der Waals surface area contributed by atoms with Gasteiger partial charge < -0.3 is 10.6 Å². The second-order valence-electron chi connectivity index (χ2n) is 6.30. The van der Waals surface area contributed by atoms with Crippen LogP contribution in [0.2, 0.25) is 0 Å². The van der Waals surface area contributed by atoms with Crippen molar-refractivity contribution in [1.29, 1.82) is 0 Å². The maximum atomic E-state index is 13.2. The monoisotopic (exact) mass is 364 g/mol. The lowest BCUT2D eigenvalue weighted by Crippen LogP contribution is -2.40. The molecule has 138 valence electrons. The molecule has 1 aromatic heterocycles. The first kappa shape index (κ1) is 18.2. The third-order valence-electron chi connectivity index (χ3n) is 4.43. The summed E-state index contributed by atoms with van der Waals surface area (Å²) in [6.45, 7) is -0.639.